The lowest BCUT2D eigenvalue weighted by molar-refractivity contribution is 0.599. The highest BCUT2D eigenvalue weighted by molar-refractivity contribution is 7.93. The van der Waals surface area contributed by atoms with Crippen LogP contribution in [-0.4, -0.2) is 16.8 Å². The quantitative estimate of drug-likeness (QED) is 0.231. The second-order valence-corrected chi connectivity index (χ2v) is 13.2. The Balaban J connectivity index is 1.43. The third-order valence-electron chi connectivity index (χ3n) is 6.32. The highest BCUT2D eigenvalue weighted by Gasteiger charge is 2.16. The second-order valence-electron chi connectivity index (χ2n) is 9.81. The first kappa shape index (κ1) is 27.4. The molecule has 38 heavy (non-hydrogen) atoms. The van der Waals surface area contributed by atoms with Crippen molar-refractivity contribution in [3.63, 3.8) is 0 Å². The summed E-state index contributed by atoms with van der Waals surface area (Å²) >= 11 is 0. The molecule has 0 unspecified atom stereocenters. The van der Waals surface area contributed by atoms with E-state index in [4.69, 9.17) is 0 Å². The van der Waals surface area contributed by atoms with Gasteiger partial charge in [-0.25, -0.2) is 16.8 Å². The highest BCUT2D eigenvalue weighted by Crippen LogP contribution is 2.26. The van der Waals surface area contributed by atoms with Crippen LogP contribution in [0.3, 0.4) is 0 Å². The zero-order valence-corrected chi connectivity index (χ0v) is 23.5. The van der Waals surface area contributed by atoms with Crippen LogP contribution in [0, 0.1) is 0 Å². The predicted molar refractivity (Wildman–Crippen MR) is 155 cm³/mol. The molecule has 2 N–H and O–H groups in total. The molecule has 0 saturated heterocycles. The number of benzene rings is 4. The van der Waals surface area contributed by atoms with Crippen LogP contribution in [0.25, 0.3) is 11.1 Å². The molecule has 0 spiro atoms. The molecule has 0 saturated carbocycles. The monoisotopic (exact) mass is 548 g/mol. The SMILES string of the molecule is CC(C)c1ccc(S(=O)(=O)Nc2ccc(-c3ccc(NS(=O)(=O)c4ccc(C(C)C)cc4)cc3)cc2)cc1. The fraction of sp³-hybridized carbons (Fsp3) is 0.200. The summed E-state index contributed by atoms with van der Waals surface area (Å²) in [6, 6.07) is 27.8. The van der Waals surface area contributed by atoms with Gasteiger partial charge >= 0.3 is 0 Å². The van der Waals surface area contributed by atoms with E-state index in [9.17, 15) is 16.8 Å². The summed E-state index contributed by atoms with van der Waals surface area (Å²) in [5.74, 6) is 0.645. The van der Waals surface area contributed by atoms with Gasteiger partial charge in [0.25, 0.3) is 20.0 Å². The third kappa shape index (κ3) is 6.44. The average Bonchev–Trinajstić information content (AvgIpc) is 2.89. The lowest BCUT2D eigenvalue weighted by atomic mass is 10.0. The fourth-order valence-corrected chi connectivity index (χ4v) is 6.07. The van der Waals surface area contributed by atoms with E-state index in [2.05, 4.69) is 37.1 Å². The first-order chi connectivity index (χ1) is 17.9. The minimum Gasteiger partial charge on any atom is -0.280 e. The van der Waals surface area contributed by atoms with Crippen molar-refractivity contribution < 1.29 is 16.8 Å². The first-order valence-corrected chi connectivity index (χ1v) is 15.4. The molecular formula is C30H32N2O4S2. The zero-order valence-electron chi connectivity index (χ0n) is 21.8. The number of hydrogen-bond acceptors (Lipinski definition) is 4. The Labute approximate surface area is 225 Å². The molecule has 6 nitrogen and oxygen atoms in total. The fourth-order valence-electron chi connectivity index (χ4n) is 3.95. The van der Waals surface area contributed by atoms with Crippen LogP contribution in [0.4, 0.5) is 11.4 Å². The van der Waals surface area contributed by atoms with Gasteiger partial charge in [0.05, 0.1) is 9.79 Å². The zero-order chi connectivity index (χ0) is 27.5. The van der Waals surface area contributed by atoms with Gasteiger partial charge in [-0.15, -0.1) is 0 Å². The summed E-state index contributed by atoms with van der Waals surface area (Å²) in [5.41, 5.74) is 4.80. The van der Waals surface area contributed by atoms with Gasteiger partial charge in [0.15, 0.2) is 0 Å². The van der Waals surface area contributed by atoms with E-state index >= 15 is 0 Å². The number of sulfonamides is 2. The molecule has 198 valence electrons. The molecule has 8 heteroatoms. The predicted octanol–water partition coefficient (Wildman–Crippen LogP) is 7.20. The summed E-state index contributed by atoms with van der Waals surface area (Å²) in [6.07, 6.45) is 0. The van der Waals surface area contributed by atoms with E-state index in [0.717, 1.165) is 22.3 Å². The highest BCUT2D eigenvalue weighted by atomic mass is 32.2. The van der Waals surface area contributed by atoms with Crippen molar-refractivity contribution in [2.24, 2.45) is 0 Å². The van der Waals surface area contributed by atoms with Crippen molar-refractivity contribution in [3.05, 3.63) is 108 Å². The number of hydrogen-bond donors (Lipinski definition) is 2. The maximum absolute atomic E-state index is 12.8. The van der Waals surface area contributed by atoms with Crippen molar-refractivity contribution in [1.29, 1.82) is 0 Å². The maximum atomic E-state index is 12.8. The minimum absolute atomic E-state index is 0.208. The topological polar surface area (TPSA) is 92.3 Å². The van der Waals surface area contributed by atoms with Crippen molar-refractivity contribution in [1.82, 2.24) is 0 Å². The first-order valence-electron chi connectivity index (χ1n) is 12.4. The summed E-state index contributed by atoms with van der Waals surface area (Å²) in [7, 11) is -7.40. The van der Waals surface area contributed by atoms with E-state index in [-0.39, 0.29) is 9.79 Å². The average molecular weight is 549 g/mol. The van der Waals surface area contributed by atoms with Crippen molar-refractivity contribution in [2.75, 3.05) is 9.44 Å². The molecule has 0 fully saturated rings. The van der Waals surface area contributed by atoms with E-state index in [1.165, 1.54) is 0 Å². The van der Waals surface area contributed by atoms with Gasteiger partial charge < -0.3 is 0 Å². The Morgan fingerprint density at radius 3 is 1.00 bits per heavy atom. The standard InChI is InChI=1S/C30H32N2O4S2/c1-21(2)23-9-17-29(18-10-23)37(33,34)31-27-13-5-25(6-14-27)26-7-15-28(16-8-26)32-38(35,36)30-19-11-24(12-20-30)22(3)4/h5-22,31-32H,1-4H3. The Hall–Kier alpha value is -3.62. The number of rotatable bonds is 9. The van der Waals surface area contributed by atoms with Gasteiger partial charge in [-0.2, -0.15) is 0 Å². The van der Waals surface area contributed by atoms with Gasteiger partial charge in [0, 0.05) is 11.4 Å². The Bertz CT molecular complexity index is 1470. The summed E-state index contributed by atoms with van der Waals surface area (Å²) in [4.78, 5) is 0.416. The lowest BCUT2D eigenvalue weighted by Crippen LogP contribution is -2.13. The van der Waals surface area contributed by atoms with Gasteiger partial charge in [0.1, 0.15) is 0 Å². The van der Waals surface area contributed by atoms with E-state index in [1.54, 1.807) is 48.5 Å². The lowest BCUT2D eigenvalue weighted by Gasteiger charge is -2.12. The van der Waals surface area contributed by atoms with Crippen LogP contribution in [-0.2, 0) is 20.0 Å². The normalized spacial score (nSPS) is 12.1. The van der Waals surface area contributed by atoms with Crippen molar-refractivity contribution in [2.45, 2.75) is 49.3 Å². The largest absolute Gasteiger partial charge is 0.280 e. The molecule has 4 rings (SSSR count). The van der Waals surface area contributed by atoms with Crippen LogP contribution in [0.5, 0.6) is 0 Å². The van der Waals surface area contributed by atoms with Crippen LogP contribution in [0.2, 0.25) is 0 Å². The Kier molecular flexibility index (Phi) is 7.94. The van der Waals surface area contributed by atoms with Crippen molar-refractivity contribution >= 4 is 31.4 Å². The molecule has 0 aliphatic rings. The van der Waals surface area contributed by atoms with E-state index in [1.807, 2.05) is 48.5 Å². The van der Waals surface area contributed by atoms with Gasteiger partial charge in [0.2, 0.25) is 0 Å². The second kappa shape index (κ2) is 11.0. The summed E-state index contributed by atoms with van der Waals surface area (Å²) in [5, 5.41) is 0. The molecule has 4 aromatic carbocycles. The van der Waals surface area contributed by atoms with Gasteiger partial charge in [-0.3, -0.25) is 9.44 Å². The van der Waals surface area contributed by atoms with Gasteiger partial charge in [-0.05, 0) is 82.6 Å². The molecule has 0 atom stereocenters. The molecule has 0 bridgehead atoms. The Morgan fingerprint density at radius 2 is 0.737 bits per heavy atom. The van der Waals surface area contributed by atoms with Crippen LogP contribution in [0.1, 0.15) is 50.7 Å². The van der Waals surface area contributed by atoms with E-state index < -0.39 is 20.0 Å². The van der Waals surface area contributed by atoms with E-state index in [0.29, 0.717) is 23.2 Å². The van der Waals surface area contributed by atoms with Crippen LogP contribution < -0.4 is 9.44 Å². The molecular weight excluding hydrogens is 516 g/mol. The smallest absolute Gasteiger partial charge is 0.261 e. The molecule has 0 heterocycles. The van der Waals surface area contributed by atoms with Crippen LogP contribution in [0.15, 0.2) is 107 Å². The Morgan fingerprint density at radius 1 is 0.447 bits per heavy atom. The molecule has 0 aromatic heterocycles. The van der Waals surface area contributed by atoms with Crippen molar-refractivity contribution in [3.8, 4) is 11.1 Å². The maximum Gasteiger partial charge on any atom is 0.261 e. The number of anilines is 2. The molecule has 4 aromatic rings. The minimum atomic E-state index is -3.70. The molecule has 0 radical (unpaired) electrons. The van der Waals surface area contributed by atoms with Crippen LogP contribution >= 0.6 is 0 Å². The molecule has 0 aliphatic heterocycles. The summed E-state index contributed by atoms with van der Waals surface area (Å²) < 4.78 is 56.3. The summed E-state index contributed by atoms with van der Waals surface area (Å²) in [6.45, 7) is 8.23. The van der Waals surface area contributed by atoms with Gasteiger partial charge in [-0.1, -0.05) is 76.2 Å². The molecule has 0 amide bonds. The number of nitrogens with one attached hydrogen (secondary N) is 2. The molecule has 0 aliphatic carbocycles. The third-order valence-corrected chi connectivity index (χ3v) is 9.12.